The van der Waals surface area contributed by atoms with Crippen LogP contribution in [0, 0.1) is 0 Å². The van der Waals surface area contributed by atoms with E-state index in [-0.39, 0.29) is 0 Å². The molecule has 1 saturated heterocycles. The normalized spacial score (nSPS) is 16.0. The van der Waals surface area contributed by atoms with Gasteiger partial charge in [-0.15, -0.1) is 0 Å². The van der Waals surface area contributed by atoms with Gasteiger partial charge in [-0.05, 0) is 68.2 Å². The molecule has 1 fully saturated rings. The zero-order valence-corrected chi connectivity index (χ0v) is 15.2. The fourth-order valence-electron chi connectivity index (χ4n) is 3.94. The van der Waals surface area contributed by atoms with Crippen molar-refractivity contribution in [1.29, 1.82) is 0 Å². The zero-order chi connectivity index (χ0) is 17.9. The number of fused-ring (bicyclic) bond motifs is 1. The predicted octanol–water partition coefficient (Wildman–Crippen LogP) is 4.14. The average molecular weight is 347 g/mol. The van der Waals surface area contributed by atoms with Gasteiger partial charge in [0.1, 0.15) is 0 Å². The summed E-state index contributed by atoms with van der Waals surface area (Å²) in [7, 11) is 2.19. The van der Waals surface area contributed by atoms with Gasteiger partial charge in [0.05, 0.1) is 6.54 Å². The van der Waals surface area contributed by atoms with Gasteiger partial charge in [-0.25, -0.2) is 0 Å². The minimum Gasteiger partial charge on any atom is -0.361 e. The molecule has 3 aromatic rings. The molecule has 1 aliphatic heterocycles. The summed E-state index contributed by atoms with van der Waals surface area (Å²) in [4.78, 5) is 19.3. The molecule has 0 unspecified atom stereocenters. The van der Waals surface area contributed by atoms with Crippen LogP contribution in [0.25, 0.3) is 10.9 Å². The molecule has 26 heavy (non-hydrogen) atoms. The first kappa shape index (κ1) is 16.9. The monoisotopic (exact) mass is 347 g/mol. The number of amides is 1. The zero-order valence-electron chi connectivity index (χ0n) is 15.2. The molecule has 0 radical (unpaired) electrons. The van der Waals surface area contributed by atoms with Gasteiger partial charge in [0.2, 0.25) is 6.41 Å². The molecule has 1 N–H and O–H groups in total. The highest BCUT2D eigenvalue weighted by Crippen LogP contribution is 2.34. The Hall–Kier alpha value is -2.59. The lowest BCUT2D eigenvalue weighted by molar-refractivity contribution is -0.107. The maximum Gasteiger partial charge on any atom is 0.214 e. The number of benzene rings is 2. The van der Waals surface area contributed by atoms with Crippen LogP contribution in [0.1, 0.15) is 29.9 Å². The number of likely N-dealkylation sites (tertiary alicyclic amines) is 1. The smallest absolute Gasteiger partial charge is 0.214 e. The van der Waals surface area contributed by atoms with E-state index in [1.54, 1.807) is 4.90 Å². The minimum absolute atomic E-state index is 0.587. The van der Waals surface area contributed by atoms with E-state index < -0.39 is 0 Å². The van der Waals surface area contributed by atoms with Crippen molar-refractivity contribution < 1.29 is 4.79 Å². The van der Waals surface area contributed by atoms with Crippen LogP contribution < -0.4 is 4.90 Å². The first-order valence-corrected chi connectivity index (χ1v) is 9.30. The van der Waals surface area contributed by atoms with Gasteiger partial charge in [0.15, 0.2) is 0 Å². The molecule has 2 heterocycles. The van der Waals surface area contributed by atoms with E-state index >= 15 is 0 Å². The maximum atomic E-state index is 11.7. The van der Waals surface area contributed by atoms with Crippen LogP contribution in [0.5, 0.6) is 0 Å². The van der Waals surface area contributed by atoms with E-state index in [0.717, 1.165) is 36.3 Å². The summed E-state index contributed by atoms with van der Waals surface area (Å²) in [6.07, 6.45) is 5.47. The second-order valence-electron chi connectivity index (χ2n) is 7.27. The Balaban J connectivity index is 1.63. The maximum absolute atomic E-state index is 11.7. The SMILES string of the molecule is CN1CCC(c2c[nH]c3ccc(N(C=O)Cc4ccccc4)cc23)CC1. The summed E-state index contributed by atoms with van der Waals surface area (Å²) in [5.74, 6) is 0.592. The molecule has 0 aliphatic carbocycles. The Labute approximate surface area is 154 Å². The Kier molecular flexibility index (Phi) is 4.76. The van der Waals surface area contributed by atoms with Crippen LogP contribution in [-0.4, -0.2) is 36.4 Å². The van der Waals surface area contributed by atoms with Crippen molar-refractivity contribution in [1.82, 2.24) is 9.88 Å². The Bertz CT molecular complexity index is 879. The topological polar surface area (TPSA) is 39.3 Å². The number of hydrogen-bond acceptors (Lipinski definition) is 2. The summed E-state index contributed by atoms with van der Waals surface area (Å²) in [6.45, 7) is 2.88. The summed E-state index contributed by atoms with van der Waals surface area (Å²) in [5.41, 5.74) is 4.61. The second-order valence-corrected chi connectivity index (χ2v) is 7.27. The van der Waals surface area contributed by atoms with Crippen molar-refractivity contribution in [3.8, 4) is 0 Å². The molecule has 0 bridgehead atoms. The van der Waals surface area contributed by atoms with E-state index in [2.05, 4.69) is 47.4 Å². The van der Waals surface area contributed by atoms with Crippen LogP contribution in [0.15, 0.2) is 54.7 Å². The molecule has 134 valence electrons. The highest BCUT2D eigenvalue weighted by atomic mass is 16.1. The summed E-state index contributed by atoms with van der Waals surface area (Å²) in [5, 5.41) is 1.25. The predicted molar refractivity (Wildman–Crippen MR) is 106 cm³/mol. The van der Waals surface area contributed by atoms with Crippen LogP contribution in [0.3, 0.4) is 0 Å². The van der Waals surface area contributed by atoms with Gasteiger partial charge in [-0.3, -0.25) is 4.79 Å². The lowest BCUT2D eigenvalue weighted by Crippen LogP contribution is -2.29. The lowest BCUT2D eigenvalue weighted by Gasteiger charge is -2.29. The number of piperidine rings is 1. The van der Waals surface area contributed by atoms with E-state index in [1.807, 2.05) is 24.3 Å². The van der Waals surface area contributed by atoms with E-state index in [9.17, 15) is 4.79 Å². The van der Waals surface area contributed by atoms with Crippen molar-refractivity contribution in [3.05, 3.63) is 65.9 Å². The third kappa shape index (κ3) is 3.37. The number of rotatable bonds is 5. The average Bonchev–Trinajstić information content (AvgIpc) is 3.11. The van der Waals surface area contributed by atoms with Crippen LogP contribution >= 0.6 is 0 Å². The number of anilines is 1. The molecule has 0 spiro atoms. The molecular formula is C22H25N3O. The van der Waals surface area contributed by atoms with Crippen molar-refractivity contribution >= 4 is 23.0 Å². The molecule has 4 rings (SSSR count). The lowest BCUT2D eigenvalue weighted by atomic mass is 9.89. The Morgan fingerprint density at radius 2 is 1.92 bits per heavy atom. The van der Waals surface area contributed by atoms with Crippen LogP contribution in [-0.2, 0) is 11.3 Å². The van der Waals surface area contributed by atoms with Crippen molar-refractivity contribution in [2.45, 2.75) is 25.3 Å². The van der Waals surface area contributed by atoms with Crippen LogP contribution in [0.4, 0.5) is 5.69 Å². The van der Waals surface area contributed by atoms with Gasteiger partial charge in [0, 0.05) is 22.8 Å². The molecule has 1 aliphatic rings. The number of carbonyl (C=O) groups excluding carboxylic acids is 1. The van der Waals surface area contributed by atoms with Gasteiger partial charge < -0.3 is 14.8 Å². The second kappa shape index (κ2) is 7.34. The highest BCUT2D eigenvalue weighted by Gasteiger charge is 2.21. The minimum atomic E-state index is 0.587. The number of aromatic nitrogens is 1. The molecule has 1 amide bonds. The first-order chi connectivity index (χ1) is 12.7. The van der Waals surface area contributed by atoms with Gasteiger partial charge >= 0.3 is 0 Å². The molecule has 2 aromatic carbocycles. The van der Waals surface area contributed by atoms with E-state index in [0.29, 0.717) is 12.5 Å². The number of nitrogens with zero attached hydrogens (tertiary/aromatic N) is 2. The molecule has 0 atom stereocenters. The molecule has 1 aromatic heterocycles. The Morgan fingerprint density at radius 3 is 2.65 bits per heavy atom. The number of carbonyl (C=O) groups is 1. The van der Waals surface area contributed by atoms with E-state index in [4.69, 9.17) is 0 Å². The number of aromatic amines is 1. The standard InChI is InChI=1S/C22H25N3O/c1-24-11-9-18(10-12-24)21-14-23-22-8-7-19(13-20(21)22)25(16-26)15-17-5-3-2-4-6-17/h2-8,13-14,16,18,23H,9-12,15H2,1H3. The Morgan fingerprint density at radius 1 is 1.15 bits per heavy atom. The van der Waals surface area contributed by atoms with E-state index in [1.165, 1.54) is 23.8 Å². The quantitative estimate of drug-likeness (QED) is 0.705. The third-order valence-corrected chi connectivity index (χ3v) is 5.51. The highest BCUT2D eigenvalue weighted by molar-refractivity contribution is 5.89. The van der Waals surface area contributed by atoms with Crippen molar-refractivity contribution in [3.63, 3.8) is 0 Å². The fraction of sp³-hybridized carbons (Fsp3) is 0.318. The van der Waals surface area contributed by atoms with Crippen LogP contribution in [0.2, 0.25) is 0 Å². The van der Waals surface area contributed by atoms with Gasteiger partial charge in [-0.1, -0.05) is 30.3 Å². The first-order valence-electron chi connectivity index (χ1n) is 9.30. The molecular weight excluding hydrogens is 322 g/mol. The molecule has 4 heteroatoms. The summed E-state index contributed by atoms with van der Waals surface area (Å²) in [6, 6.07) is 16.4. The van der Waals surface area contributed by atoms with Gasteiger partial charge in [-0.2, -0.15) is 0 Å². The number of nitrogens with one attached hydrogen (secondary N) is 1. The molecule has 0 saturated carbocycles. The molecule has 4 nitrogen and oxygen atoms in total. The number of H-pyrrole nitrogens is 1. The fourth-order valence-corrected chi connectivity index (χ4v) is 3.94. The largest absolute Gasteiger partial charge is 0.361 e. The number of hydrogen-bond donors (Lipinski definition) is 1. The summed E-state index contributed by atoms with van der Waals surface area (Å²) >= 11 is 0. The summed E-state index contributed by atoms with van der Waals surface area (Å²) < 4.78 is 0. The van der Waals surface area contributed by atoms with Crippen molar-refractivity contribution in [2.24, 2.45) is 0 Å². The van der Waals surface area contributed by atoms with Crippen molar-refractivity contribution in [2.75, 3.05) is 25.0 Å². The van der Waals surface area contributed by atoms with Gasteiger partial charge in [0.25, 0.3) is 0 Å². The third-order valence-electron chi connectivity index (χ3n) is 5.51.